The fourth-order valence-electron chi connectivity index (χ4n) is 0.712. The van der Waals surface area contributed by atoms with Crippen LogP contribution in [0.3, 0.4) is 0 Å². The first-order valence-corrected chi connectivity index (χ1v) is 4.58. The molecule has 0 N–H and O–H groups in total. The quantitative estimate of drug-likeness (QED) is 0.470. The van der Waals surface area contributed by atoms with Gasteiger partial charge in [-0.3, -0.25) is 0 Å². The van der Waals surface area contributed by atoms with Gasteiger partial charge in [-0.1, -0.05) is 27.5 Å². The van der Waals surface area contributed by atoms with Crippen LogP contribution in [0.1, 0.15) is 0 Å². The second-order valence-corrected chi connectivity index (χ2v) is 3.21. The van der Waals surface area contributed by atoms with Crippen molar-refractivity contribution in [3.63, 3.8) is 0 Å². The van der Waals surface area contributed by atoms with E-state index in [4.69, 9.17) is 11.6 Å². The normalized spacial score (nSPS) is 10.2. The summed E-state index contributed by atoms with van der Waals surface area (Å²) in [5, 5.41) is 14.7. The van der Waals surface area contributed by atoms with Crippen molar-refractivity contribution in [3.8, 4) is 0 Å². The van der Waals surface area contributed by atoms with E-state index >= 15 is 0 Å². The van der Waals surface area contributed by atoms with E-state index in [2.05, 4.69) is 21.0 Å². The molecule has 1 rings (SSSR count). The Labute approximate surface area is 81.6 Å². The predicted octanol–water partition coefficient (Wildman–Crippen LogP) is 1.84. The average Bonchev–Trinajstić information content (AvgIpc) is 2.32. The summed E-state index contributed by atoms with van der Waals surface area (Å²) >= 11 is 8.72. The Morgan fingerprint density at radius 1 is 1.83 bits per heavy atom. The van der Waals surface area contributed by atoms with Crippen LogP contribution in [0.5, 0.6) is 0 Å². The third-order valence-corrected chi connectivity index (χ3v) is 1.81. The molecule has 1 heterocycles. The van der Waals surface area contributed by atoms with Gasteiger partial charge < -0.3 is 10.1 Å². The van der Waals surface area contributed by atoms with Gasteiger partial charge in [0, 0.05) is 5.33 Å². The fourth-order valence-corrected chi connectivity index (χ4v) is 1.29. The van der Waals surface area contributed by atoms with Crippen molar-refractivity contribution >= 4 is 33.3 Å². The minimum absolute atomic E-state index is 0.0703. The molecule has 0 amide bonds. The number of rotatable bonds is 3. The lowest BCUT2D eigenvalue weighted by Crippen LogP contribution is -2.00. The van der Waals surface area contributed by atoms with Crippen molar-refractivity contribution in [3.05, 3.63) is 21.3 Å². The van der Waals surface area contributed by atoms with E-state index in [1.807, 2.05) is 0 Å². The summed E-state index contributed by atoms with van der Waals surface area (Å²) in [4.78, 5) is 9.67. The number of nitro groups is 1. The monoisotopic (exact) mass is 253 g/mol. The summed E-state index contributed by atoms with van der Waals surface area (Å²) in [5.41, 5.74) is 0. The lowest BCUT2D eigenvalue weighted by Gasteiger charge is -1.87. The summed E-state index contributed by atoms with van der Waals surface area (Å²) in [5.74, 6) is -0.294. The van der Waals surface area contributed by atoms with Crippen molar-refractivity contribution in [1.82, 2.24) is 9.78 Å². The highest BCUT2D eigenvalue weighted by molar-refractivity contribution is 9.09. The molecular weight excluding hydrogens is 249 g/mol. The minimum atomic E-state index is -0.604. The molecule has 0 bridgehead atoms. The standard InChI is InChI=1S/C5H5BrClN3O2/c6-1-2-9-3-4(7)5(8-9)10(11)12/h3H,1-2H2. The van der Waals surface area contributed by atoms with Crippen LogP contribution in [0.2, 0.25) is 5.02 Å². The van der Waals surface area contributed by atoms with E-state index in [-0.39, 0.29) is 10.8 Å². The molecule has 0 atom stereocenters. The molecule has 0 unspecified atom stereocenters. The molecule has 1 aromatic heterocycles. The molecule has 66 valence electrons. The maximum absolute atomic E-state index is 10.3. The van der Waals surface area contributed by atoms with E-state index < -0.39 is 4.92 Å². The van der Waals surface area contributed by atoms with E-state index in [9.17, 15) is 10.1 Å². The number of alkyl halides is 1. The van der Waals surface area contributed by atoms with Crippen LogP contribution in [0.25, 0.3) is 0 Å². The molecule has 0 radical (unpaired) electrons. The molecule has 1 aromatic rings. The molecule has 0 aliphatic heterocycles. The highest BCUT2D eigenvalue weighted by Crippen LogP contribution is 2.20. The third kappa shape index (κ3) is 1.95. The van der Waals surface area contributed by atoms with Gasteiger partial charge in [0.15, 0.2) is 5.02 Å². The van der Waals surface area contributed by atoms with Gasteiger partial charge >= 0.3 is 5.82 Å². The minimum Gasteiger partial charge on any atom is -0.358 e. The Hall–Kier alpha value is -0.620. The maximum Gasteiger partial charge on any atom is 0.408 e. The Kier molecular flexibility index (Phi) is 3.05. The second kappa shape index (κ2) is 3.86. The largest absolute Gasteiger partial charge is 0.408 e. The predicted molar refractivity (Wildman–Crippen MR) is 47.7 cm³/mol. The van der Waals surface area contributed by atoms with E-state index in [1.54, 1.807) is 0 Å². The summed E-state index contributed by atoms with van der Waals surface area (Å²) in [7, 11) is 0. The molecule has 0 saturated heterocycles. The van der Waals surface area contributed by atoms with Crippen molar-refractivity contribution in [2.24, 2.45) is 0 Å². The first-order chi connectivity index (χ1) is 5.65. The Morgan fingerprint density at radius 2 is 2.50 bits per heavy atom. The molecule has 12 heavy (non-hydrogen) atoms. The van der Waals surface area contributed by atoms with E-state index in [0.717, 1.165) is 0 Å². The number of hydrogen-bond acceptors (Lipinski definition) is 3. The molecule has 5 nitrogen and oxygen atoms in total. The maximum atomic E-state index is 10.3. The first kappa shape index (κ1) is 9.47. The number of hydrogen-bond donors (Lipinski definition) is 0. The van der Waals surface area contributed by atoms with Gasteiger partial charge in [0.25, 0.3) is 0 Å². The molecule has 0 saturated carbocycles. The van der Waals surface area contributed by atoms with Crippen LogP contribution in [0.15, 0.2) is 6.20 Å². The Bertz CT molecular complexity index is 301. The summed E-state index contributed by atoms with van der Waals surface area (Å²) < 4.78 is 1.43. The van der Waals surface area contributed by atoms with Gasteiger partial charge in [0.1, 0.15) is 0 Å². The average molecular weight is 254 g/mol. The highest BCUT2D eigenvalue weighted by atomic mass is 79.9. The topological polar surface area (TPSA) is 61.0 Å². The number of aryl methyl sites for hydroxylation is 1. The first-order valence-electron chi connectivity index (χ1n) is 3.08. The zero-order valence-electron chi connectivity index (χ0n) is 5.91. The number of nitrogens with zero attached hydrogens (tertiary/aromatic N) is 3. The summed E-state index contributed by atoms with van der Waals surface area (Å²) in [6.07, 6.45) is 1.43. The van der Waals surface area contributed by atoms with Crippen LogP contribution in [0, 0.1) is 10.1 Å². The molecule has 0 aromatic carbocycles. The lowest BCUT2D eigenvalue weighted by atomic mass is 10.6. The van der Waals surface area contributed by atoms with Crippen LogP contribution < -0.4 is 0 Å². The number of halogens is 2. The number of aromatic nitrogens is 2. The molecular formula is C5H5BrClN3O2. The van der Waals surface area contributed by atoms with Gasteiger partial charge in [-0.2, -0.15) is 4.68 Å². The van der Waals surface area contributed by atoms with Crippen LogP contribution in [-0.2, 0) is 6.54 Å². The van der Waals surface area contributed by atoms with Crippen molar-refractivity contribution < 1.29 is 4.92 Å². The SMILES string of the molecule is O=[N+]([O-])c1nn(CCBr)cc1Cl. The van der Waals surface area contributed by atoms with Gasteiger partial charge in [-0.05, 0) is 4.92 Å². The second-order valence-electron chi connectivity index (χ2n) is 2.01. The van der Waals surface area contributed by atoms with Gasteiger partial charge in [-0.25, -0.2) is 0 Å². The Balaban J connectivity index is 2.92. The lowest BCUT2D eigenvalue weighted by molar-refractivity contribution is -0.389. The molecule has 0 spiro atoms. The van der Waals surface area contributed by atoms with Crippen LogP contribution in [-0.4, -0.2) is 20.0 Å². The zero-order chi connectivity index (χ0) is 9.14. The summed E-state index contributed by atoms with van der Waals surface area (Å²) in [6, 6.07) is 0. The van der Waals surface area contributed by atoms with E-state index in [0.29, 0.717) is 11.9 Å². The zero-order valence-corrected chi connectivity index (χ0v) is 8.25. The van der Waals surface area contributed by atoms with Gasteiger partial charge in [-0.15, -0.1) is 0 Å². The molecule has 0 fully saturated rings. The van der Waals surface area contributed by atoms with Crippen molar-refractivity contribution in [2.75, 3.05) is 5.33 Å². The smallest absolute Gasteiger partial charge is 0.358 e. The molecule has 0 aliphatic carbocycles. The van der Waals surface area contributed by atoms with Crippen LogP contribution in [0.4, 0.5) is 5.82 Å². The fraction of sp³-hybridized carbons (Fsp3) is 0.400. The molecule has 0 aliphatic rings. The van der Waals surface area contributed by atoms with Gasteiger partial charge in [0.2, 0.25) is 0 Å². The van der Waals surface area contributed by atoms with Crippen molar-refractivity contribution in [1.29, 1.82) is 0 Å². The third-order valence-electron chi connectivity index (χ3n) is 1.19. The molecule has 7 heteroatoms. The highest BCUT2D eigenvalue weighted by Gasteiger charge is 2.18. The van der Waals surface area contributed by atoms with E-state index in [1.165, 1.54) is 10.9 Å². The Morgan fingerprint density at radius 3 is 2.92 bits per heavy atom. The van der Waals surface area contributed by atoms with Crippen LogP contribution >= 0.6 is 27.5 Å². The summed E-state index contributed by atoms with van der Waals surface area (Å²) in [6.45, 7) is 0.563. The van der Waals surface area contributed by atoms with Gasteiger partial charge in [0.05, 0.1) is 17.8 Å². The van der Waals surface area contributed by atoms with Crippen molar-refractivity contribution in [2.45, 2.75) is 6.54 Å².